The van der Waals surface area contributed by atoms with Crippen molar-refractivity contribution in [2.75, 3.05) is 24.5 Å². The third-order valence-electron chi connectivity index (χ3n) is 6.34. The number of oxazole rings is 1. The highest BCUT2D eigenvalue weighted by molar-refractivity contribution is 5.98. The Hall–Kier alpha value is -3.30. The number of carbonyl (C=O) groups excluding carboxylic acids is 3. The first-order valence-electron chi connectivity index (χ1n) is 12.2. The summed E-state index contributed by atoms with van der Waals surface area (Å²) in [6, 6.07) is 1.79. The highest BCUT2D eigenvalue weighted by atomic mass is 16.4. The van der Waals surface area contributed by atoms with Gasteiger partial charge in [-0.1, -0.05) is 27.7 Å². The van der Waals surface area contributed by atoms with Gasteiger partial charge in [-0.05, 0) is 37.7 Å². The standard InChI is InChI=1S/C25H36N6O4/c1-16(2)14-18-21(19(32)15-29-20(33)6-9-25(3,4)23(26)34)35-22(30-18)17-7-12-31(13-8-17)24-27-10-5-11-28-24/h5,10-11,16-17H,6-9,12-15H2,1-4H3,(H2,26,34)(H,29,33). The topological polar surface area (TPSA) is 144 Å². The predicted molar refractivity (Wildman–Crippen MR) is 131 cm³/mol. The van der Waals surface area contributed by atoms with Crippen molar-refractivity contribution in [2.24, 2.45) is 17.1 Å². The molecule has 1 aliphatic rings. The summed E-state index contributed by atoms with van der Waals surface area (Å²) in [5.41, 5.74) is 5.21. The molecule has 2 aromatic rings. The number of primary amides is 1. The lowest BCUT2D eigenvalue weighted by atomic mass is 9.87. The lowest BCUT2D eigenvalue weighted by Gasteiger charge is -2.30. The SMILES string of the molecule is CC(C)Cc1nc(C2CCN(c3ncccn3)CC2)oc1C(=O)CNC(=O)CCC(C)(C)C(N)=O. The van der Waals surface area contributed by atoms with Crippen molar-refractivity contribution in [1.29, 1.82) is 0 Å². The minimum absolute atomic E-state index is 0.105. The van der Waals surface area contributed by atoms with Gasteiger partial charge >= 0.3 is 0 Å². The molecule has 0 aliphatic carbocycles. The van der Waals surface area contributed by atoms with Gasteiger partial charge in [0.2, 0.25) is 23.5 Å². The van der Waals surface area contributed by atoms with Gasteiger partial charge in [-0.3, -0.25) is 14.4 Å². The first kappa shape index (κ1) is 26.3. The number of amides is 2. The molecule has 0 bridgehead atoms. The Bertz CT molecular complexity index is 1030. The van der Waals surface area contributed by atoms with Gasteiger partial charge in [-0.15, -0.1) is 0 Å². The molecular formula is C25H36N6O4. The van der Waals surface area contributed by atoms with Crippen LogP contribution in [0.15, 0.2) is 22.9 Å². The Morgan fingerprint density at radius 3 is 2.46 bits per heavy atom. The second kappa shape index (κ2) is 11.4. The molecule has 0 saturated carbocycles. The maximum atomic E-state index is 12.9. The minimum atomic E-state index is -0.784. The molecule has 2 aromatic heterocycles. The van der Waals surface area contributed by atoms with Crippen molar-refractivity contribution in [3.05, 3.63) is 35.8 Å². The van der Waals surface area contributed by atoms with Crippen LogP contribution in [0.5, 0.6) is 0 Å². The van der Waals surface area contributed by atoms with Gasteiger partial charge in [0.15, 0.2) is 11.7 Å². The predicted octanol–water partition coefficient (Wildman–Crippen LogP) is 2.64. The van der Waals surface area contributed by atoms with E-state index < -0.39 is 11.3 Å². The maximum absolute atomic E-state index is 12.9. The molecule has 3 N–H and O–H groups in total. The zero-order chi connectivity index (χ0) is 25.6. The summed E-state index contributed by atoms with van der Waals surface area (Å²) < 4.78 is 6.01. The second-order valence-electron chi connectivity index (χ2n) is 10.2. The van der Waals surface area contributed by atoms with Crippen LogP contribution in [0, 0.1) is 11.3 Å². The lowest BCUT2D eigenvalue weighted by Crippen LogP contribution is -2.34. The fourth-order valence-corrected chi connectivity index (χ4v) is 3.97. The number of hydrogen-bond donors (Lipinski definition) is 2. The van der Waals surface area contributed by atoms with E-state index in [4.69, 9.17) is 15.1 Å². The number of piperidine rings is 1. The number of Topliss-reactive ketones (excluding diaryl/α,β-unsaturated/α-hetero) is 1. The molecule has 0 unspecified atom stereocenters. The average molecular weight is 485 g/mol. The fraction of sp³-hybridized carbons (Fsp3) is 0.600. The highest BCUT2D eigenvalue weighted by Gasteiger charge is 2.29. The van der Waals surface area contributed by atoms with Gasteiger partial charge in [-0.2, -0.15) is 0 Å². The summed E-state index contributed by atoms with van der Waals surface area (Å²) in [4.78, 5) is 52.1. The van der Waals surface area contributed by atoms with Crippen LogP contribution < -0.4 is 16.0 Å². The van der Waals surface area contributed by atoms with Crippen LogP contribution in [-0.4, -0.2) is 52.2 Å². The highest BCUT2D eigenvalue weighted by Crippen LogP contribution is 2.31. The zero-order valence-corrected chi connectivity index (χ0v) is 21.0. The zero-order valence-electron chi connectivity index (χ0n) is 21.0. The second-order valence-corrected chi connectivity index (χ2v) is 10.2. The van der Waals surface area contributed by atoms with Crippen molar-refractivity contribution < 1.29 is 18.8 Å². The molecule has 0 atom stereocenters. The van der Waals surface area contributed by atoms with Crippen molar-refractivity contribution in [3.63, 3.8) is 0 Å². The van der Waals surface area contributed by atoms with E-state index in [9.17, 15) is 14.4 Å². The number of anilines is 1. The Balaban J connectivity index is 1.62. The summed E-state index contributed by atoms with van der Waals surface area (Å²) in [6.45, 7) is 8.87. The maximum Gasteiger partial charge on any atom is 0.225 e. The van der Waals surface area contributed by atoms with Crippen molar-refractivity contribution in [2.45, 2.75) is 65.7 Å². The monoisotopic (exact) mass is 484 g/mol. The first-order valence-corrected chi connectivity index (χ1v) is 12.2. The van der Waals surface area contributed by atoms with E-state index in [1.807, 2.05) is 0 Å². The van der Waals surface area contributed by atoms with E-state index >= 15 is 0 Å². The number of carbonyl (C=O) groups is 3. The van der Waals surface area contributed by atoms with Crippen molar-refractivity contribution in [1.82, 2.24) is 20.3 Å². The van der Waals surface area contributed by atoms with Crippen LogP contribution in [0.3, 0.4) is 0 Å². The number of nitrogens with two attached hydrogens (primary N) is 1. The number of rotatable bonds is 11. The van der Waals surface area contributed by atoms with Crippen molar-refractivity contribution >= 4 is 23.5 Å². The molecule has 0 spiro atoms. The number of ketones is 1. The van der Waals surface area contributed by atoms with Gasteiger partial charge in [0.1, 0.15) is 0 Å². The van der Waals surface area contributed by atoms with Crippen LogP contribution in [0.25, 0.3) is 0 Å². The van der Waals surface area contributed by atoms with Gasteiger partial charge in [-0.25, -0.2) is 15.0 Å². The van der Waals surface area contributed by atoms with Gasteiger partial charge in [0.25, 0.3) is 0 Å². The molecular weight excluding hydrogens is 448 g/mol. The number of nitrogens with one attached hydrogen (secondary N) is 1. The third kappa shape index (κ3) is 7.10. The Morgan fingerprint density at radius 1 is 1.20 bits per heavy atom. The van der Waals surface area contributed by atoms with E-state index in [0.29, 0.717) is 36.3 Å². The largest absolute Gasteiger partial charge is 0.437 e. The van der Waals surface area contributed by atoms with E-state index in [1.54, 1.807) is 32.3 Å². The third-order valence-corrected chi connectivity index (χ3v) is 6.34. The van der Waals surface area contributed by atoms with Crippen LogP contribution >= 0.6 is 0 Å². The van der Waals surface area contributed by atoms with E-state index in [1.165, 1.54) is 0 Å². The van der Waals surface area contributed by atoms with Crippen LogP contribution in [0.2, 0.25) is 0 Å². The molecule has 0 aromatic carbocycles. The van der Waals surface area contributed by atoms with Crippen LogP contribution in [0.4, 0.5) is 5.95 Å². The fourth-order valence-electron chi connectivity index (χ4n) is 3.97. The molecule has 35 heavy (non-hydrogen) atoms. The number of nitrogens with zero attached hydrogens (tertiary/aromatic N) is 4. The molecule has 190 valence electrons. The van der Waals surface area contributed by atoms with Crippen LogP contribution in [0.1, 0.15) is 81.4 Å². The summed E-state index contributed by atoms with van der Waals surface area (Å²) in [5, 5.41) is 2.64. The van der Waals surface area contributed by atoms with Gasteiger partial charge < -0.3 is 20.4 Å². The molecule has 3 rings (SSSR count). The first-order chi connectivity index (χ1) is 16.6. The average Bonchev–Trinajstić information content (AvgIpc) is 3.25. The normalized spacial score (nSPS) is 14.8. The van der Waals surface area contributed by atoms with Gasteiger partial charge in [0.05, 0.1) is 12.2 Å². The molecule has 1 saturated heterocycles. The molecule has 1 aliphatic heterocycles. The molecule has 3 heterocycles. The smallest absolute Gasteiger partial charge is 0.225 e. The molecule has 2 amide bonds. The van der Waals surface area contributed by atoms with E-state index in [-0.39, 0.29) is 36.3 Å². The number of hydrogen-bond acceptors (Lipinski definition) is 8. The number of aromatic nitrogens is 3. The van der Waals surface area contributed by atoms with Gasteiger partial charge in [0, 0.05) is 43.2 Å². The quantitative estimate of drug-likeness (QED) is 0.463. The van der Waals surface area contributed by atoms with E-state index in [2.05, 4.69) is 34.0 Å². The molecule has 10 nitrogen and oxygen atoms in total. The Labute approximate surface area is 206 Å². The lowest BCUT2D eigenvalue weighted by molar-refractivity contribution is -0.127. The summed E-state index contributed by atoms with van der Waals surface area (Å²) in [7, 11) is 0. The molecule has 1 fully saturated rings. The Kier molecular flexibility index (Phi) is 8.58. The molecule has 10 heteroatoms. The summed E-state index contributed by atoms with van der Waals surface area (Å²) >= 11 is 0. The molecule has 0 radical (unpaired) electrons. The summed E-state index contributed by atoms with van der Waals surface area (Å²) in [6.07, 6.45) is 6.13. The van der Waals surface area contributed by atoms with Crippen molar-refractivity contribution in [3.8, 4) is 0 Å². The Morgan fingerprint density at radius 2 is 1.86 bits per heavy atom. The minimum Gasteiger partial charge on any atom is -0.437 e. The van der Waals surface area contributed by atoms with E-state index in [0.717, 1.165) is 25.9 Å². The van der Waals surface area contributed by atoms with Crippen LogP contribution in [-0.2, 0) is 16.0 Å². The summed E-state index contributed by atoms with van der Waals surface area (Å²) in [5.74, 6) is 0.828.